The molecule has 0 bridgehead atoms. The van der Waals surface area contributed by atoms with Crippen molar-refractivity contribution in [3.8, 4) is 0 Å². The van der Waals surface area contributed by atoms with E-state index in [2.05, 4.69) is 19.2 Å². The minimum atomic E-state index is -0.736. The first-order valence-corrected chi connectivity index (χ1v) is 7.02. The summed E-state index contributed by atoms with van der Waals surface area (Å²) in [5.41, 5.74) is 0. The monoisotopic (exact) mass is 255 g/mol. The van der Waals surface area contributed by atoms with Gasteiger partial charge in [0.25, 0.3) is 0 Å². The smallest absolute Gasteiger partial charge is 0.306 e. The number of carboxylic acid groups (broad SMARTS) is 1. The quantitative estimate of drug-likeness (QED) is 0.766. The number of aliphatic carboxylic acids is 1. The number of carbonyl (C=O) groups excluding carboxylic acids is 1. The van der Waals surface area contributed by atoms with Crippen LogP contribution < -0.4 is 5.32 Å². The lowest BCUT2D eigenvalue weighted by Gasteiger charge is -2.22. The molecular weight excluding hydrogens is 230 g/mol. The average Bonchev–Trinajstić information content (AvgIpc) is 2.79. The van der Waals surface area contributed by atoms with Gasteiger partial charge in [-0.25, -0.2) is 0 Å². The average molecular weight is 255 g/mol. The maximum absolute atomic E-state index is 12.1. The fraction of sp³-hybridized carbons (Fsp3) is 0.857. The van der Waals surface area contributed by atoms with Gasteiger partial charge in [-0.3, -0.25) is 9.59 Å². The summed E-state index contributed by atoms with van der Waals surface area (Å²) in [6, 6.07) is 0.0513. The Morgan fingerprint density at radius 3 is 2.33 bits per heavy atom. The Balaban J connectivity index is 2.43. The first kappa shape index (κ1) is 15.0. The predicted molar refractivity (Wildman–Crippen MR) is 70.1 cm³/mol. The van der Waals surface area contributed by atoms with Crippen LogP contribution in [0.5, 0.6) is 0 Å². The van der Waals surface area contributed by atoms with Crippen LogP contribution in [0.1, 0.15) is 52.9 Å². The second-order valence-electron chi connectivity index (χ2n) is 5.42. The molecule has 0 radical (unpaired) electrons. The zero-order valence-corrected chi connectivity index (χ0v) is 11.6. The zero-order chi connectivity index (χ0) is 13.7. The van der Waals surface area contributed by atoms with E-state index in [0.717, 1.165) is 19.3 Å². The van der Waals surface area contributed by atoms with E-state index >= 15 is 0 Å². The fourth-order valence-corrected chi connectivity index (χ4v) is 2.88. The van der Waals surface area contributed by atoms with Crippen molar-refractivity contribution in [2.24, 2.45) is 17.8 Å². The maximum atomic E-state index is 12.1. The third-order valence-corrected chi connectivity index (χ3v) is 4.30. The molecule has 1 aliphatic rings. The molecule has 2 N–H and O–H groups in total. The van der Waals surface area contributed by atoms with Crippen LogP contribution in [0.4, 0.5) is 0 Å². The van der Waals surface area contributed by atoms with Crippen molar-refractivity contribution >= 4 is 11.9 Å². The molecule has 1 saturated carbocycles. The molecule has 4 heteroatoms. The molecule has 3 atom stereocenters. The topological polar surface area (TPSA) is 66.4 Å². The van der Waals surface area contributed by atoms with Gasteiger partial charge < -0.3 is 10.4 Å². The standard InChI is InChI=1S/C14H25NO3/c1-4-10(5-2)9(3)13(16)15-12-7-6-11(8-12)14(17)18/h9-12H,4-8H2,1-3H3,(H,15,16)(H,17,18)/t9?,11-,12+/m1/s1. The van der Waals surface area contributed by atoms with E-state index in [4.69, 9.17) is 5.11 Å². The van der Waals surface area contributed by atoms with Gasteiger partial charge in [0.05, 0.1) is 5.92 Å². The summed E-state index contributed by atoms with van der Waals surface area (Å²) in [4.78, 5) is 22.9. The predicted octanol–water partition coefficient (Wildman–Crippen LogP) is 2.43. The molecule has 1 aliphatic carbocycles. The summed E-state index contributed by atoms with van der Waals surface area (Å²) in [6.07, 6.45) is 4.07. The van der Waals surface area contributed by atoms with Gasteiger partial charge in [-0.2, -0.15) is 0 Å². The molecule has 1 fully saturated rings. The van der Waals surface area contributed by atoms with E-state index in [1.54, 1.807) is 0 Å². The van der Waals surface area contributed by atoms with Gasteiger partial charge in [0.15, 0.2) is 0 Å². The lowest BCUT2D eigenvalue weighted by Crippen LogP contribution is -2.39. The second-order valence-corrected chi connectivity index (χ2v) is 5.42. The van der Waals surface area contributed by atoms with Crippen molar-refractivity contribution in [1.29, 1.82) is 0 Å². The van der Waals surface area contributed by atoms with Crippen molar-refractivity contribution in [3.05, 3.63) is 0 Å². The Morgan fingerprint density at radius 2 is 1.89 bits per heavy atom. The molecule has 0 saturated heterocycles. The molecule has 0 aromatic carbocycles. The highest BCUT2D eigenvalue weighted by molar-refractivity contribution is 5.79. The molecular formula is C14H25NO3. The number of rotatable bonds is 6. The number of hydrogen-bond acceptors (Lipinski definition) is 2. The second kappa shape index (κ2) is 6.76. The summed E-state index contributed by atoms with van der Waals surface area (Å²) >= 11 is 0. The summed E-state index contributed by atoms with van der Waals surface area (Å²) in [5.74, 6) is -0.496. The van der Waals surface area contributed by atoms with Crippen LogP contribution >= 0.6 is 0 Å². The first-order chi connectivity index (χ1) is 8.49. The van der Waals surface area contributed by atoms with Crippen molar-refractivity contribution in [3.63, 3.8) is 0 Å². The molecule has 0 aromatic heterocycles. The molecule has 0 aromatic rings. The summed E-state index contributed by atoms with van der Waals surface area (Å²) in [6.45, 7) is 6.18. The van der Waals surface area contributed by atoms with Gasteiger partial charge in [0, 0.05) is 12.0 Å². The highest BCUT2D eigenvalue weighted by Crippen LogP contribution is 2.27. The van der Waals surface area contributed by atoms with E-state index in [-0.39, 0.29) is 23.8 Å². The molecule has 1 rings (SSSR count). The minimum Gasteiger partial charge on any atom is -0.481 e. The van der Waals surface area contributed by atoms with Gasteiger partial charge in [0.2, 0.25) is 5.91 Å². The number of amides is 1. The normalized spacial score (nSPS) is 25.1. The van der Waals surface area contributed by atoms with Gasteiger partial charge in [-0.15, -0.1) is 0 Å². The molecule has 0 aliphatic heterocycles. The summed E-state index contributed by atoms with van der Waals surface area (Å²) < 4.78 is 0. The lowest BCUT2D eigenvalue weighted by atomic mass is 9.88. The highest BCUT2D eigenvalue weighted by Gasteiger charge is 2.32. The Kier molecular flexibility index (Phi) is 5.63. The van der Waals surface area contributed by atoms with Gasteiger partial charge in [0.1, 0.15) is 0 Å². The minimum absolute atomic E-state index is 0.0175. The van der Waals surface area contributed by atoms with Crippen molar-refractivity contribution in [2.75, 3.05) is 0 Å². The fourth-order valence-electron chi connectivity index (χ4n) is 2.88. The molecule has 0 spiro atoms. The highest BCUT2D eigenvalue weighted by atomic mass is 16.4. The Morgan fingerprint density at radius 1 is 1.28 bits per heavy atom. The van der Waals surface area contributed by atoms with Crippen molar-refractivity contribution in [1.82, 2.24) is 5.32 Å². The lowest BCUT2D eigenvalue weighted by molar-refractivity contribution is -0.141. The molecule has 104 valence electrons. The zero-order valence-electron chi connectivity index (χ0n) is 11.6. The maximum Gasteiger partial charge on any atom is 0.306 e. The van der Waals surface area contributed by atoms with E-state index in [0.29, 0.717) is 18.8 Å². The van der Waals surface area contributed by atoms with Crippen LogP contribution in [0.2, 0.25) is 0 Å². The third kappa shape index (κ3) is 3.72. The summed E-state index contributed by atoms with van der Waals surface area (Å²) in [5, 5.41) is 11.9. The van der Waals surface area contributed by atoms with E-state index in [1.165, 1.54) is 0 Å². The number of hydrogen-bond donors (Lipinski definition) is 2. The van der Waals surface area contributed by atoms with E-state index in [1.807, 2.05) is 6.92 Å². The van der Waals surface area contributed by atoms with Gasteiger partial charge in [-0.05, 0) is 25.2 Å². The van der Waals surface area contributed by atoms with Crippen molar-refractivity contribution in [2.45, 2.75) is 58.9 Å². The number of carboxylic acids is 1. The molecule has 18 heavy (non-hydrogen) atoms. The molecule has 1 unspecified atom stereocenters. The Hall–Kier alpha value is -1.06. The Bertz CT molecular complexity index is 299. The van der Waals surface area contributed by atoms with E-state index < -0.39 is 5.97 Å². The summed E-state index contributed by atoms with van der Waals surface area (Å²) in [7, 11) is 0. The van der Waals surface area contributed by atoms with Crippen LogP contribution in [0.3, 0.4) is 0 Å². The van der Waals surface area contributed by atoms with Crippen LogP contribution in [0.25, 0.3) is 0 Å². The molecule has 0 heterocycles. The SMILES string of the molecule is CCC(CC)C(C)C(=O)N[C@H]1CC[C@@H](C(=O)O)C1. The molecule has 1 amide bonds. The first-order valence-electron chi connectivity index (χ1n) is 7.02. The van der Waals surface area contributed by atoms with Crippen molar-refractivity contribution < 1.29 is 14.7 Å². The Labute approximate surface area is 109 Å². The van der Waals surface area contributed by atoms with Gasteiger partial charge >= 0.3 is 5.97 Å². The van der Waals surface area contributed by atoms with Crippen LogP contribution in [0.15, 0.2) is 0 Å². The van der Waals surface area contributed by atoms with Crippen LogP contribution in [0, 0.1) is 17.8 Å². The van der Waals surface area contributed by atoms with Gasteiger partial charge in [-0.1, -0.05) is 33.6 Å². The third-order valence-electron chi connectivity index (χ3n) is 4.30. The van der Waals surface area contributed by atoms with Crippen LogP contribution in [-0.4, -0.2) is 23.0 Å². The van der Waals surface area contributed by atoms with Crippen LogP contribution in [-0.2, 0) is 9.59 Å². The molecule has 4 nitrogen and oxygen atoms in total. The van der Waals surface area contributed by atoms with E-state index in [9.17, 15) is 9.59 Å². The number of carbonyl (C=O) groups is 2. The number of nitrogens with one attached hydrogen (secondary N) is 1. The largest absolute Gasteiger partial charge is 0.481 e.